The van der Waals surface area contributed by atoms with E-state index in [2.05, 4.69) is 0 Å². The van der Waals surface area contributed by atoms with Crippen molar-refractivity contribution < 1.29 is 14.4 Å². The van der Waals surface area contributed by atoms with Gasteiger partial charge in [-0.15, -0.1) is 0 Å². The number of carbonyl (C=O) groups excluding carboxylic acids is 3. The van der Waals surface area contributed by atoms with Crippen molar-refractivity contribution in [1.29, 1.82) is 0 Å². The van der Waals surface area contributed by atoms with Gasteiger partial charge in [0.15, 0.2) is 5.78 Å². The fraction of sp³-hybridized carbons (Fsp3) is 0.375. The highest BCUT2D eigenvalue weighted by Gasteiger charge is 2.36. The highest BCUT2D eigenvalue weighted by atomic mass is 16.2. The van der Waals surface area contributed by atoms with E-state index in [1.54, 1.807) is 13.8 Å². The molecule has 0 fully saturated rings. The zero-order valence-corrected chi connectivity index (χ0v) is 12.1. The number of primary amides is 1. The second-order valence-corrected chi connectivity index (χ2v) is 5.14. The van der Waals surface area contributed by atoms with Crippen molar-refractivity contribution in [2.24, 2.45) is 17.6 Å². The van der Waals surface area contributed by atoms with E-state index in [0.717, 1.165) is 5.56 Å². The number of hydrogen-bond acceptors (Lipinski definition) is 3. The standard InChI is InChI=1S/C16H20NO3/c1-10(2)14(16(17)20)13(15(19)11(3)18)9-12-7-5-4-6-8-12/h4-8,10,13H,9H2,1-3H3,(H2,17,20). The van der Waals surface area contributed by atoms with E-state index < -0.39 is 23.4 Å². The fourth-order valence-corrected chi connectivity index (χ4v) is 2.30. The molecule has 20 heavy (non-hydrogen) atoms. The van der Waals surface area contributed by atoms with Crippen molar-refractivity contribution in [2.45, 2.75) is 27.2 Å². The molecule has 0 saturated carbocycles. The van der Waals surface area contributed by atoms with Crippen LogP contribution in [0.4, 0.5) is 0 Å². The quantitative estimate of drug-likeness (QED) is 0.769. The summed E-state index contributed by atoms with van der Waals surface area (Å²) in [4.78, 5) is 35.2. The minimum absolute atomic E-state index is 0.176. The van der Waals surface area contributed by atoms with Gasteiger partial charge in [-0.3, -0.25) is 14.4 Å². The van der Waals surface area contributed by atoms with Crippen LogP contribution in [0.1, 0.15) is 26.3 Å². The Hall–Kier alpha value is -1.97. The molecule has 4 heteroatoms. The van der Waals surface area contributed by atoms with E-state index in [9.17, 15) is 14.4 Å². The Morgan fingerprint density at radius 1 is 1.10 bits per heavy atom. The summed E-state index contributed by atoms with van der Waals surface area (Å²) < 4.78 is 0. The molecular formula is C16H20NO3. The topological polar surface area (TPSA) is 77.2 Å². The minimum Gasteiger partial charge on any atom is -0.369 e. The van der Waals surface area contributed by atoms with Crippen LogP contribution < -0.4 is 5.73 Å². The molecule has 2 N–H and O–H groups in total. The third-order valence-electron chi connectivity index (χ3n) is 3.23. The Morgan fingerprint density at radius 3 is 2.05 bits per heavy atom. The van der Waals surface area contributed by atoms with Crippen LogP contribution in [0.2, 0.25) is 0 Å². The van der Waals surface area contributed by atoms with Gasteiger partial charge < -0.3 is 5.73 Å². The molecule has 0 heterocycles. The average molecular weight is 274 g/mol. The van der Waals surface area contributed by atoms with Gasteiger partial charge in [0.05, 0.1) is 5.92 Å². The Bertz CT molecular complexity index is 494. The van der Waals surface area contributed by atoms with Gasteiger partial charge in [0, 0.05) is 12.8 Å². The summed E-state index contributed by atoms with van der Waals surface area (Å²) in [6.45, 7) is 4.82. The first-order chi connectivity index (χ1) is 9.34. The summed E-state index contributed by atoms with van der Waals surface area (Å²) in [5.41, 5.74) is 6.29. The molecule has 1 aromatic rings. The second-order valence-electron chi connectivity index (χ2n) is 5.14. The van der Waals surface area contributed by atoms with Gasteiger partial charge in [0.1, 0.15) is 0 Å². The highest BCUT2D eigenvalue weighted by molar-refractivity contribution is 6.38. The maximum absolute atomic E-state index is 12.1. The Balaban J connectivity index is 3.10. The smallest absolute Gasteiger partial charge is 0.225 e. The van der Waals surface area contributed by atoms with E-state index in [0.29, 0.717) is 12.3 Å². The lowest BCUT2D eigenvalue weighted by Gasteiger charge is -2.25. The molecule has 1 rings (SSSR count). The lowest BCUT2D eigenvalue weighted by atomic mass is 9.76. The highest BCUT2D eigenvalue weighted by Crippen LogP contribution is 2.27. The van der Waals surface area contributed by atoms with E-state index >= 15 is 0 Å². The molecule has 0 aliphatic rings. The van der Waals surface area contributed by atoms with E-state index in [1.807, 2.05) is 30.3 Å². The van der Waals surface area contributed by atoms with Crippen molar-refractivity contribution in [3.63, 3.8) is 0 Å². The normalized spacial score (nSPS) is 12.4. The van der Waals surface area contributed by atoms with Crippen LogP contribution >= 0.6 is 0 Å². The number of ketones is 2. The monoisotopic (exact) mass is 274 g/mol. The van der Waals surface area contributed by atoms with Gasteiger partial charge in [-0.1, -0.05) is 44.2 Å². The molecule has 1 atom stereocenters. The molecule has 1 unspecified atom stereocenters. The molecule has 1 radical (unpaired) electrons. The molecule has 0 aliphatic carbocycles. The van der Waals surface area contributed by atoms with Crippen LogP contribution in [-0.2, 0) is 20.8 Å². The molecule has 4 nitrogen and oxygen atoms in total. The molecule has 0 aliphatic heterocycles. The molecular weight excluding hydrogens is 254 g/mol. The number of rotatable bonds is 7. The van der Waals surface area contributed by atoms with Crippen LogP contribution in [0.15, 0.2) is 30.3 Å². The summed E-state index contributed by atoms with van der Waals surface area (Å²) in [5.74, 6) is -2.36. The first-order valence-electron chi connectivity index (χ1n) is 6.59. The van der Waals surface area contributed by atoms with Gasteiger partial charge >= 0.3 is 0 Å². The largest absolute Gasteiger partial charge is 0.369 e. The van der Waals surface area contributed by atoms with Gasteiger partial charge in [0.25, 0.3) is 0 Å². The number of hydrogen-bond donors (Lipinski definition) is 1. The zero-order chi connectivity index (χ0) is 15.3. The summed E-state index contributed by atoms with van der Waals surface area (Å²) in [5, 5.41) is 0. The van der Waals surface area contributed by atoms with Crippen LogP contribution in [0.3, 0.4) is 0 Å². The molecule has 0 spiro atoms. The summed E-state index contributed by atoms with van der Waals surface area (Å²) in [7, 11) is 0. The maximum Gasteiger partial charge on any atom is 0.225 e. The summed E-state index contributed by atoms with van der Waals surface area (Å²) in [6, 6.07) is 9.29. The van der Waals surface area contributed by atoms with Crippen LogP contribution in [0.25, 0.3) is 0 Å². The lowest BCUT2D eigenvalue weighted by Crippen LogP contribution is -2.39. The minimum atomic E-state index is -0.771. The number of carbonyl (C=O) groups is 3. The molecule has 107 valence electrons. The van der Waals surface area contributed by atoms with Crippen molar-refractivity contribution in [1.82, 2.24) is 0 Å². The van der Waals surface area contributed by atoms with Crippen molar-refractivity contribution >= 4 is 17.5 Å². The van der Waals surface area contributed by atoms with Gasteiger partial charge in [-0.25, -0.2) is 0 Å². The number of nitrogens with two attached hydrogens (primary N) is 1. The second kappa shape index (κ2) is 6.98. The lowest BCUT2D eigenvalue weighted by molar-refractivity contribution is -0.138. The zero-order valence-electron chi connectivity index (χ0n) is 12.1. The first-order valence-corrected chi connectivity index (χ1v) is 6.59. The molecule has 0 aromatic heterocycles. The van der Waals surface area contributed by atoms with E-state index in [-0.39, 0.29) is 5.92 Å². The van der Waals surface area contributed by atoms with Crippen LogP contribution in [-0.4, -0.2) is 17.5 Å². The van der Waals surface area contributed by atoms with E-state index in [4.69, 9.17) is 5.73 Å². The number of Topliss-reactive ketones (excluding diaryl/α,β-unsaturated/α-hetero) is 2. The third kappa shape index (κ3) is 4.02. The first kappa shape index (κ1) is 16.1. The van der Waals surface area contributed by atoms with Crippen LogP contribution in [0.5, 0.6) is 0 Å². The predicted octanol–water partition coefficient (Wildman–Crippen LogP) is 1.72. The fourth-order valence-electron chi connectivity index (χ4n) is 2.30. The molecule has 0 saturated heterocycles. The molecule has 0 bridgehead atoms. The summed E-state index contributed by atoms with van der Waals surface area (Å²) >= 11 is 0. The van der Waals surface area contributed by atoms with Gasteiger partial charge in [-0.2, -0.15) is 0 Å². The molecule has 1 amide bonds. The number of amides is 1. The SMILES string of the molecule is CC(=O)C(=O)C(Cc1ccccc1)[C](C(N)=O)C(C)C. The van der Waals surface area contributed by atoms with Gasteiger partial charge in [0.2, 0.25) is 11.7 Å². The number of benzene rings is 1. The van der Waals surface area contributed by atoms with Crippen molar-refractivity contribution in [3.05, 3.63) is 41.8 Å². The average Bonchev–Trinajstić information content (AvgIpc) is 2.37. The van der Waals surface area contributed by atoms with E-state index in [1.165, 1.54) is 6.92 Å². The maximum atomic E-state index is 12.1. The molecule has 1 aromatic carbocycles. The Kier molecular flexibility index (Phi) is 5.62. The van der Waals surface area contributed by atoms with Crippen molar-refractivity contribution in [3.8, 4) is 0 Å². The predicted molar refractivity (Wildman–Crippen MR) is 76.6 cm³/mol. The Labute approximate surface area is 119 Å². The van der Waals surface area contributed by atoms with Gasteiger partial charge in [-0.05, 0) is 17.9 Å². The third-order valence-corrected chi connectivity index (χ3v) is 3.23. The van der Waals surface area contributed by atoms with Crippen LogP contribution in [0, 0.1) is 17.8 Å². The van der Waals surface area contributed by atoms with Crippen molar-refractivity contribution in [2.75, 3.05) is 0 Å². The summed E-state index contributed by atoms with van der Waals surface area (Å²) in [6.07, 6.45) is 0.315. The Morgan fingerprint density at radius 2 is 1.65 bits per heavy atom.